The lowest BCUT2D eigenvalue weighted by atomic mass is 10.2. The van der Waals surface area contributed by atoms with Crippen molar-refractivity contribution in [3.8, 4) is 0 Å². The third kappa shape index (κ3) is 11.7. The van der Waals surface area contributed by atoms with E-state index < -0.39 is 0 Å². The van der Waals surface area contributed by atoms with Gasteiger partial charge in [0, 0.05) is 6.61 Å². The average Bonchev–Trinajstić information content (AvgIpc) is 2.15. The second-order valence-corrected chi connectivity index (χ2v) is 3.93. The average molecular weight is 199 g/mol. The highest BCUT2D eigenvalue weighted by Crippen LogP contribution is 1.88. The van der Waals surface area contributed by atoms with E-state index in [0.29, 0.717) is 0 Å². The Morgan fingerprint density at radius 3 is 2.71 bits per heavy atom. The van der Waals surface area contributed by atoms with Gasteiger partial charge in [-0.1, -0.05) is 32.9 Å². The van der Waals surface area contributed by atoms with Crippen LogP contribution < -0.4 is 5.32 Å². The van der Waals surface area contributed by atoms with Crippen LogP contribution in [-0.2, 0) is 4.74 Å². The summed E-state index contributed by atoms with van der Waals surface area (Å²) in [7, 11) is 0. The maximum Gasteiger partial charge on any atom is 0.0647 e. The van der Waals surface area contributed by atoms with Crippen LogP contribution in [0.25, 0.3) is 0 Å². The van der Waals surface area contributed by atoms with E-state index in [0.717, 1.165) is 45.1 Å². The van der Waals surface area contributed by atoms with Gasteiger partial charge in [-0.15, -0.1) is 0 Å². The molecule has 0 spiro atoms. The molecule has 0 amide bonds. The standard InChI is InChI=1S/C12H25NO/c1-4-9-14-10-7-5-6-8-13-11-12(2)3/h5,7,12-13H,4,6,8-11H2,1-3H3. The molecule has 0 heterocycles. The summed E-state index contributed by atoms with van der Waals surface area (Å²) in [4.78, 5) is 0. The molecule has 0 radical (unpaired) electrons. The summed E-state index contributed by atoms with van der Waals surface area (Å²) in [5.41, 5.74) is 0. The van der Waals surface area contributed by atoms with Crippen molar-refractivity contribution in [3.63, 3.8) is 0 Å². The number of ether oxygens (including phenoxy) is 1. The summed E-state index contributed by atoms with van der Waals surface area (Å²) in [6.45, 7) is 10.4. The van der Waals surface area contributed by atoms with Crippen molar-refractivity contribution in [2.24, 2.45) is 5.92 Å². The van der Waals surface area contributed by atoms with Crippen molar-refractivity contribution in [2.75, 3.05) is 26.3 Å². The minimum Gasteiger partial charge on any atom is -0.377 e. The van der Waals surface area contributed by atoms with Crippen molar-refractivity contribution in [1.82, 2.24) is 5.32 Å². The predicted molar refractivity (Wildman–Crippen MR) is 62.6 cm³/mol. The van der Waals surface area contributed by atoms with E-state index in [1.54, 1.807) is 0 Å². The van der Waals surface area contributed by atoms with Gasteiger partial charge in [-0.25, -0.2) is 0 Å². The van der Waals surface area contributed by atoms with Gasteiger partial charge in [0.25, 0.3) is 0 Å². The van der Waals surface area contributed by atoms with Crippen LogP contribution in [0.4, 0.5) is 0 Å². The first-order chi connectivity index (χ1) is 6.77. The first kappa shape index (κ1) is 13.7. The molecule has 0 aromatic rings. The molecule has 0 unspecified atom stereocenters. The van der Waals surface area contributed by atoms with E-state index in [2.05, 4.69) is 38.2 Å². The van der Waals surface area contributed by atoms with Gasteiger partial charge in [-0.05, 0) is 31.8 Å². The number of rotatable bonds is 9. The smallest absolute Gasteiger partial charge is 0.0647 e. The van der Waals surface area contributed by atoms with E-state index in [-0.39, 0.29) is 0 Å². The predicted octanol–water partition coefficient (Wildman–Crippen LogP) is 2.60. The van der Waals surface area contributed by atoms with Crippen LogP contribution in [0, 0.1) is 5.92 Å². The molecule has 2 heteroatoms. The quantitative estimate of drug-likeness (QED) is 0.455. The van der Waals surface area contributed by atoms with Crippen molar-refractivity contribution in [2.45, 2.75) is 33.6 Å². The first-order valence-electron chi connectivity index (χ1n) is 5.70. The van der Waals surface area contributed by atoms with Crippen LogP contribution >= 0.6 is 0 Å². The molecular formula is C12H25NO. The number of nitrogens with one attached hydrogen (secondary N) is 1. The van der Waals surface area contributed by atoms with Gasteiger partial charge in [-0.3, -0.25) is 0 Å². The van der Waals surface area contributed by atoms with E-state index >= 15 is 0 Å². The van der Waals surface area contributed by atoms with Gasteiger partial charge < -0.3 is 10.1 Å². The van der Waals surface area contributed by atoms with Crippen LogP contribution in [0.1, 0.15) is 33.6 Å². The summed E-state index contributed by atoms with van der Waals surface area (Å²) in [6, 6.07) is 0. The van der Waals surface area contributed by atoms with E-state index in [4.69, 9.17) is 4.74 Å². The number of hydrogen-bond acceptors (Lipinski definition) is 2. The van der Waals surface area contributed by atoms with E-state index in [9.17, 15) is 0 Å². The molecule has 0 rings (SSSR count). The molecule has 0 fully saturated rings. The zero-order chi connectivity index (χ0) is 10.6. The van der Waals surface area contributed by atoms with Crippen molar-refractivity contribution < 1.29 is 4.74 Å². The zero-order valence-corrected chi connectivity index (χ0v) is 9.88. The van der Waals surface area contributed by atoms with Gasteiger partial charge in [0.1, 0.15) is 0 Å². The number of hydrogen-bond donors (Lipinski definition) is 1. The molecule has 0 aliphatic heterocycles. The fourth-order valence-electron chi connectivity index (χ4n) is 1.06. The molecule has 0 saturated carbocycles. The van der Waals surface area contributed by atoms with Crippen LogP contribution in [0.3, 0.4) is 0 Å². The second-order valence-electron chi connectivity index (χ2n) is 3.93. The molecule has 0 saturated heterocycles. The van der Waals surface area contributed by atoms with Crippen LogP contribution in [-0.4, -0.2) is 26.3 Å². The van der Waals surface area contributed by atoms with Gasteiger partial charge in [0.05, 0.1) is 6.61 Å². The summed E-state index contributed by atoms with van der Waals surface area (Å²) in [5.74, 6) is 0.742. The van der Waals surface area contributed by atoms with Crippen molar-refractivity contribution in [1.29, 1.82) is 0 Å². The van der Waals surface area contributed by atoms with Gasteiger partial charge in [-0.2, -0.15) is 0 Å². The molecule has 0 aromatic carbocycles. The summed E-state index contributed by atoms with van der Waals surface area (Å²) < 4.78 is 5.32. The molecular weight excluding hydrogens is 174 g/mol. The summed E-state index contributed by atoms with van der Waals surface area (Å²) in [5, 5.41) is 3.39. The second kappa shape index (κ2) is 10.7. The Balaban J connectivity index is 3.03. The molecule has 14 heavy (non-hydrogen) atoms. The highest BCUT2D eigenvalue weighted by atomic mass is 16.5. The molecule has 0 aliphatic rings. The molecule has 84 valence electrons. The SMILES string of the molecule is CCCOCC=CCCNCC(C)C. The Hall–Kier alpha value is -0.340. The third-order valence-corrected chi connectivity index (χ3v) is 1.77. The molecule has 0 aromatic heterocycles. The molecule has 0 atom stereocenters. The van der Waals surface area contributed by atoms with Crippen LogP contribution in [0.2, 0.25) is 0 Å². The van der Waals surface area contributed by atoms with Gasteiger partial charge >= 0.3 is 0 Å². The molecule has 0 bridgehead atoms. The van der Waals surface area contributed by atoms with E-state index in [1.807, 2.05) is 0 Å². The fourth-order valence-corrected chi connectivity index (χ4v) is 1.06. The lowest BCUT2D eigenvalue weighted by Gasteiger charge is -2.04. The normalized spacial score (nSPS) is 11.7. The third-order valence-electron chi connectivity index (χ3n) is 1.77. The van der Waals surface area contributed by atoms with Crippen molar-refractivity contribution >= 4 is 0 Å². The highest BCUT2D eigenvalue weighted by molar-refractivity contribution is 4.81. The Bertz CT molecular complexity index is 132. The molecule has 1 N–H and O–H groups in total. The van der Waals surface area contributed by atoms with Gasteiger partial charge in [0.15, 0.2) is 0 Å². The van der Waals surface area contributed by atoms with E-state index in [1.165, 1.54) is 0 Å². The summed E-state index contributed by atoms with van der Waals surface area (Å²) in [6.07, 6.45) is 6.49. The minimum absolute atomic E-state index is 0.742. The van der Waals surface area contributed by atoms with Crippen LogP contribution in [0.5, 0.6) is 0 Å². The first-order valence-corrected chi connectivity index (χ1v) is 5.70. The highest BCUT2D eigenvalue weighted by Gasteiger charge is 1.90. The largest absolute Gasteiger partial charge is 0.377 e. The zero-order valence-electron chi connectivity index (χ0n) is 9.88. The lowest BCUT2D eigenvalue weighted by molar-refractivity contribution is 0.163. The molecule has 2 nitrogen and oxygen atoms in total. The Kier molecular flexibility index (Phi) is 10.5. The maximum atomic E-state index is 5.32. The molecule has 0 aliphatic carbocycles. The Morgan fingerprint density at radius 1 is 1.29 bits per heavy atom. The van der Waals surface area contributed by atoms with Crippen molar-refractivity contribution in [3.05, 3.63) is 12.2 Å². The Labute approximate surface area is 88.7 Å². The Morgan fingerprint density at radius 2 is 2.07 bits per heavy atom. The monoisotopic (exact) mass is 199 g/mol. The van der Waals surface area contributed by atoms with Gasteiger partial charge in [0.2, 0.25) is 0 Å². The summed E-state index contributed by atoms with van der Waals surface area (Å²) >= 11 is 0. The topological polar surface area (TPSA) is 21.3 Å². The maximum absolute atomic E-state index is 5.32. The minimum atomic E-state index is 0.742. The lowest BCUT2D eigenvalue weighted by Crippen LogP contribution is -2.20. The van der Waals surface area contributed by atoms with Crippen LogP contribution in [0.15, 0.2) is 12.2 Å². The fraction of sp³-hybridized carbons (Fsp3) is 0.833.